The topological polar surface area (TPSA) is 56.5 Å². The third-order valence-electron chi connectivity index (χ3n) is 2.51. The van der Waals surface area contributed by atoms with Gasteiger partial charge in [-0.1, -0.05) is 12.1 Å². The number of aryl methyl sites for hydroxylation is 1. The molecule has 0 saturated heterocycles. The fourth-order valence-corrected chi connectivity index (χ4v) is 1.73. The molecule has 2 rings (SSSR count). The van der Waals surface area contributed by atoms with Crippen LogP contribution in [0.2, 0.25) is 0 Å². The third-order valence-corrected chi connectivity index (χ3v) is 2.51. The number of benzene rings is 1. The van der Waals surface area contributed by atoms with Gasteiger partial charge in [0.05, 0.1) is 17.5 Å². The minimum Gasteiger partial charge on any atom is -0.480 e. The van der Waals surface area contributed by atoms with Crippen LogP contribution in [-0.4, -0.2) is 22.2 Å². The monoisotopic (exact) mass is 245 g/mol. The van der Waals surface area contributed by atoms with Gasteiger partial charge in [0.25, 0.3) is 5.56 Å². The van der Waals surface area contributed by atoms with Gasteiger partial charge < -0.3 is 4.74 Å². The molecule has 0 bridgehead atoms. The van der Waals surface area contributed by atoms with E-state index in [0.29, 0.717) is 29.2 Å². The average Bonchev–Trinajstić information content (AvgIpc) is 2.35. The molecule has 0 aliphatic heterocycles. The number of hydrogen-bond donors (Lipinski definition) is 0. The van der Waals surface area contributed by atoms with E-state index in [2.05, 4.69) is 10.1 Å². The highest BCUT2D eigenvalue weighted by atomic mass is 16.5. The van der Waals surface area contributed by atoms with Crippen molar-refractivity contribution in [2.24, 2.45) is 5.10 Å². The Kier molecular flexibility index (Phi) is 3.41. The lowest BCUT2D eigenvalue weighted by atomic mass is 10.2. The van der Waals surface area contributed by atoms with E-state index in [9.17, 15) is 4.79 Å². The summed E-state index contributed by atoms with van der Waals surface area (Å²) in [5.41, 5.74) is 0.498. The summed E-state index contributed by atoms with van der Waals surface area (Å²) in [5.74, 6) is 0.984. The number of rotatable bonds is 2. The zero-order valence-electron chi connectivity index (χ0n) is 10.7. The Labute approximate surface area is 105 Å². The van der Waals surface area contributed by atoms with Gasteiger partial charge in [-0.05, 0) is 26.0 Å². The van der Waals surface area contributed by atoms with Crippen LogP contribution >= 0.6 is 0 Å². The molecule has 5 nitrogen and oxygen atoms in total. The fourth-order valence-electron chi connectivity index (χ4n) is 1.73. The van der Waals surface area contributed by atoms with Gasteiger partial charge in [0, 0.05) is 6.92 Å². The van der Waals surface area contributed by atoms with E-state index in [-0.39, 0.29) is 5.56 Å². The van der Waals surface area contributed by atoms with Gasteiger partial charge in [-0.2, -0.15) is 4.68 Å². The summed E-state index contributed by atoms with van der Waals surface area (Å²) in [4.78, 5) is 16.6. The summed E-state index contributed by atoms with van der Waals surface area (Å²) >= 11 is 0. The normalized spacial score (nSPS) is 11.8. The third kappa shape index (κ3) is 2.25. The van der Waals surface area contributed by atoms with E-state index >= 15 is 0 Å². The highest BCUT2D eigenvalue weighted by molar-refractivity contribution is 5.78. The van der Waals surface area contributed by atoms with Crippen LogP contribution in [0.5, 0.6) is 0 Å². The summed E-state index contributed by atoms with van der Waals surface area (Å²) in [6.45, 7) is 5.85. The molecule has 1 aromatic heterocycles. The largest absolute Gasteiger partial charge is 0.480 e. The van der Waals surface area contributed by atoms with Crippen LogP contribution in [-0.2, 0) is 4.74 Å². The van der Waals surface area contributed by atoms with Crippen LogP contribution in [0.25, 0.3) is 10.9 Å². The zero-order valence-corrected chi connectivity index (χ0v) is 10.7. The molecule has 5 heteroatoms. The smallest absolute Gasteiger partial charge is 0.282 e. The van der Waals surface area contributed by atoms with Crippen molar-refractivity contribution in [2.45, 2.75) is 20.8 Å². The molecule has 0 aliphatic rings. The molecule has 0 spiro atoms. The van der Waals surface area contributed by atoms with Crippen LogP contribution in [0.1, 0.15) is 19.7 Å². The lowest BCUT2D eigenvalue weighted by Gasteiger charge is -2.07. The predicted molar refractivity (Wildman–Crippen MR) is 70.9 cm³/mol. The molecule has 1 heterocycles. The van der Waals surface area contributed by atoms with Gasteiger partial charge in [0.15, 0.2) is 0 Å². The van der Waals surface area contributed by atoms with Crippen molar-refractivity contribution in [3.8, 4) is 0 Å². The fraction of sp³-hybridized carbons (Fsp3) is 0.308. The highest BCUT2D eigenvalue weighted by Gasteiger charge is 2.07. The maximum Gasteiger partial charge on any atom is 0.282 e. The first-order valence-electron chi connectivity index (χ1n) is 5.80. The Hall–Kier alpha value is -2.17. The first-order chi connectivity index (χ1) is 8.63. The molecule has 0 aliphatic carbocycles. The van der Waals surface area contributed by atoms with Crippen LogP contribution < -0.4 is 5.56 Å². The van der Waals surface area contributed by atoms with E-state index in [0.717, 1.165) is 0 Å². The van der Waals surface area contributed by atoms with Gasteiger partial charge in [-0.25, -0.2) is 4.98 Å². The van der Waals surface area contributed by atoms with Crippen molar-refractivity contribution in [1.82, 2.24) is 9.66 Å². The second-order valence-corrected chi connectivity index (χ2v) is 3.85. The lowest BCUT2D eigenvalue weighted by molar-refractivity contribution is 0.320. The second-order valence-electron chi connectivity index (χ2n) is 3.85. The summed E-state index contributed by atoms with van der Waals surface area (Å²) < 4.78 is 6.50. The van der Waals surface area contributed by atoms with Crippen LogP contribution in [0.15, 0.2) is 34.2 Å². The number of nitrogens with zero attached hydrogens (tertiary/aromatic N) is 3. The Morgan fingerprint density at radius 1 is 1.44 bits per heavy atom. The lowest BCUT2D eigenvalue weighted by Crippen LogP contribution is -2.22. The van der Waals surface area contributed by atoms with Crippen molar-refractivity contribution >= 4 is 16.8 Å². The van der Waals surface area contributed by atoms with Gasteiger partial charge in [0.1, 0.15) is 5.82 Å². The number of aromatic nitrogens is 2. The average molecular weight is 245 g/mol. The van der Waals surface area contributed by atoms with E-state index in [1.54, 1.807) is 19.9 Å². The molecule has 1 aromatic carbocycles. The zero-order chi connectivity index (χ0) is 13.1. The van der Waals surface area contributed by atoms with Crippen molar-refractivity contribution in [3.63, 3.8) is 0 Å². The van der Waals surface area contributed by atoms with Crippen LogP contribution in [0.3, 0.4) is 0 Å². The Morgan fingerprint density at radius 2 is 2.17 bits per heavy atom. The minimum atomic E-state index is -0.183. The Morgan fingerprint density at radius 3 is 2.89 bits per heavy atom. The molecule has 0 amide bonds. The minimum absolute atomic E-state index is 0.183. The van der Waals surface area contributed by atoms with Crippen LogP contribution in [0.4, 0.5) is 0 Å². The molecule has 0 atom stereocenters. The Balaban J connectivity index is 2.65. The number of fused-ring (bicyclic) bond motifs is 1. The molecule has 94 valence electrons. The molecule has 18 heavy (non-hydrogen) atoms. The highest BCUT2D eigenvalue weighted by Crippen LogP contribution is 2.07. The van der Waals surface area contributed by atoms with Gasteiger partial charge in [0.2, 0.25) is 5.90 Å². The number of para-hydroxylation sites is 1. The first kappa shape index (κ1) is 12.3. The predicted octanol–water partition coefficient (Wildman–Crippen LogP) is 1.92. The first-order valence-corrected chi connectivity index (χ1v) is 5.80. The summed E-state index contributed by atoms with van der Waals surface area (Å²) in [6.07, 6.45) is 0. The molecule has 0 unspecified atom stereocenters. The summed E-state index contributed by atoms with van der Waals surface area (Å²) in [7, 11) is 0. The molecule has 0 N–H and O–H groups in total. The molecule has 0 saturated carbocycles. The SMILES string of the molecule is CCO/C(C)=N/n1c(C)nc2ccccc2c1=O. The van der Waals surface area contributed by atoms with Gasteiger partial charge in [-0.3, -0.25) is 4.79 Å². The van der Waals surface area contributed by atoms with Crippen molar-refractivity contribution in [3.05, 3.63) is 40.4 Å². The van der Waals surface area contributed by atoms with E-state index < -0.39 is 0 Å². The van der Waals surface area contributed by atoms with Crippen LogP contribution in [0, 0.1) is 6.92 Å². The summed E-state index contributed by atoms with van der Waals surface area (Å²) in [6, 6.07) is 7.22. The van der Waals surface area contributed by atoms with Crippen molar-refractivity contribution in [2.75, 3.05) is 6.61 Å². The van der Waals surface area contributed by atoms with Gasteiger partial charge in [-0.15, -0.1) is 5.10 Å². The molecular formula is C13H15N3O2. The summed E-state index contributed by atoms with van der Waals surface area (Å²) in [5, 5.41) is 4.69. The van der Waals surface area contributed by atoms with Crippen molar-refractivity contribution < 1.29 is 4.74 Å². The van der Waals surface area contributed by atoms with E-state index in [1.165, 1.54) is 4.68 Å². The quantitative estimate of drug-likeness (QED) is 0.600. The standard InChI is InChI=1S/C13H15N3O2/c1-4-18-10(3)15-16-9(2)14-12-8-6-5-7-11(12)13(16)17/h5-8H,4H2,1-3H3/b15-10+. The number of ether oxygens (including phenoxy) is 1. The van der Waals surface area contributed by atoms with Crippen molar-refractivity contribution in [1.29, 1.82) is 0 Å². The Bertz CT molecular complexity index is 659. The van der Waals surface area contributed by atoms with E-state index in [1.807, 2.05) is 25.1 Å². The maximum absolute atomic E-state index is 12.2. The molecule has 0 fully saturated rings. The second kappa shape index (κ2) is 5.00. The molecule has 2 aromatic rings. The maximum atomic E-state index is 12.2. The van der Waals surface area contributed by atoms with Gasteiger partial charge >= 0.3 is 0 Å². The number of hydrogen-bond acceptors (Lipinski definition) is 4. The molecule has 0 radical (unpaired) electrons. The molecular weight excluding hydrogens is 230 g/mol. The van der Waals surface area contributed by atoms with E-state index in [4.69, 9.17) is 4.74 Å².